The number of hydrogen-bond acceptors (Lipinski definition) is 6. The van der Waals surface area contributed by atoms with Crippen molar-refractivity contribution in [1.29, 1.82) is 0 Å². The first-order valence-corrected chi connectivity index (χ1v) is 9.22. The Kier molecular flexibility index (Phi) is 6.59. The summed E-state index contributed by atoms with van der Waals surface area (Å²) >= 11 is 0. The minimum absolute atomic E-state index is 0.0858. The van der Waals surface area contributed by atoms with Crippen LogP contribution in [0, 0.1) is 10.1 Å². The van der Waals surface area contributed by atoms with Gasteiger partial charge in [0.15, 0.2) is 0 Å². The van der Waals surface area contributed by atoms with Crippen LogP contribution in [0.3, 0.4) is 0 Å². The van der Waals surface area contributed by atoms with Crippen LogP contribution in [-0.2, 0) is 11.2 Å². The van der Waals surface area contributed by atoms with Gasteiger partial charge in [0.2, 0.25) is 5.91 Å². The molecule has 0 radical (unpaired) electrons. The number of nitro groups is 1. The molecule has 0 saturated carbocycles. The van der Waals surface area contributed by atoms with E-state index < -0.39 is 4.92 Å². The van der Waals surface area contributed by atoms with Gasteiger partial charge in [-0.15, -0.1) is 0 Å². The summed E-state index contributed by atoms with van der Waals surface area (Å²) in [7, 11) is 3.05. The molecule has 2 aromatic carbocycles. The molecule has 1 heterocycles. The first-order valence-electron chi connectivity index (χ1n) is 9.22. The number of amides is 1. The fraction of sp³-hybridized carbons (Fsp3) is 0.182. The summed E-state index contributed by atoms with van der Waals surface area (Å²) in [6.07, 6.45) is 2.35. The van der Waals surface area contributed by atoms with E-state index in [1.54, 1.807) is 31.4 Å². The van der Waals surface area contributed by atoms with E-state index in [1.807, 2.05) is 24.3 Å². The lowest BCUT2D eigenvalue weighted by Gasteiger charge is -2.09. The van der Waals surface area contributed by atoms with Crippen molar-refractivity contribution in [3.63, 3.8) is 0 Å². The molecule has 0 saturated heterocycles. The first kappa shape index (κ1) is 20.8. The smallest absolute Gasteiger partial charge is 0.280 e. The minimum Gasteiger partial charge on any atom is -0.497 e. The van der Waals surface area contributed by atoms with E-state index in [-0.39, 0.29) is 18.0 Å². The molecule has 8 nitrogen and oxygen atoms in total. The molecule has 0 aliphatic heterocycles. The number of aryl methyl sites for hydroxylation is 1. The fourth-order valence-corrected chi connectivity index (χ4v) is 2.96. The second kappa shape index (κ2) is 9.51. The van der Waals surface area contributed by atoms with E-state index in [0.717, 1.165) is 11.3 Å². The molecule has 1 aromatic heterocycles. The summed E-state index contributed by atoms with van der Waals surface area (Å²) in [5, 5.41) is 14.2. The minimum atomic E-state index is -0.467. The summed E-state index contributed by atoms with van der Waals surface area (Å²) in [6.45, 7) is 0. The van der Waals surface area contributed by atoms with Crippen LogP contribution in [-0.4, -0.2) is 30.0 Å². The maximum atomic E-state index is 12.3. The number of nitrogens with one attached hydrogen (secondary N) is 1. The predicted molar refractivity (Wildman–Crippen MR) is 113 cm³/mol. The van der Waals surface area contributed by atoms with E-state index in [0.29, 0.717) is 29.1 Å². The zero-order valence-electron chi connectivity index (χ0n) is 16.6. The molecule has 1 amide bonds. The van der Waals surface area contributed by atoms with Crippen molar-refractivity contribution in [1.82, 2.24) is 4.98 Å². The lowest BCUT2D eigenvalue weighted by Crippen LogP contribution is -2.13. The van der Waals surface area contributed by atoms with Crippen molar-refractivity contribution in [2.45, 2.75) is 12.8 Å². The van der Waals surface area contributed by atoms with Gasteiger partial charge in [0.25, 0.3) is 5.69 Å². The predicted octanol–water partition coefficient (Wildman–Crippen LogP) is 4.25. The number of anilines is 1. The summed E-state index contributed by atoms with van der Waals surface area (Å²) in [4.78, 5) is 27.4. The van der Waals surface area contributed by atoms with Crippen molar-refractivity contribution in [2.24, 2.45) is 0 Å². The van der Waals surface area contributed by atoms with E-state index in [1.165, 1.54) is 19.4 Å². The maximum Gasteiger partial charge on any atom is 0.280 e. The quantitative estimate of drug-likeness (QED) is 0.442. The lowest BCUT2D eigenvalue weighted by molar-refractivity contribution is -0.384. The van der Waals surface area contributed by atoms with Gasteiger partial charge in [0.05, 0.1) is 30.8 Å². The van der Waals surface area contributed by atoms with Crippen LogP contribution in [0.4, 0.5) is 11.5 Å². The van der Waals surface area contributed by atoms with Crippen LogP contribution in [0.2, 0.25) is 0 Å². The first-order chi connectivity index (χ1) is 14.5. The Labute approximate surface area is 173 Å². The third-order valence-corrected chi connectivity index (χ3v) is 4.54. The van der Waals surface area contributed by atoms with Gasteiger partial charge in [-0.1, -0.05) is 12.1 Å². The zero-order chi connectivity index (χ0) is 21.5. The number of pyridine rings is 1. The number of aromatic nitrogens is 1. The molecule has 0 spiro atoms. The summed E-state index contributed by atoms with van der Waals surface area (Å²) < 4.78 is 10.2. The highest BCUT2D eigenvalue weighted by Gasteiger charge is 2.17. The second-order valence-electron chi connectivity index (χ2n) is 6.47. The fourth-order valence-electron chi connectivity index (χ4n) is 2.96. The van der Waals surface area contributed by atoms with Gasteiger partial charge in [-0.05, 0) is 53.9 Å². The highest BCUT2D eigenvalue weighted by atomic mass is 16.6. The molecule has 0 atom stereocenters. The Morgan fingerprint density at radius 3 is 2.40 bits per heavy atom. The van der Waals surface area contributed by atoms with Gasteiger partial charge in [-0.2, -0.15) is 0 Å². The number of nitrogens with zero attached hydrogens (tertiary/aromatic N) is 2. The number of hydrogen-bond donors (Lipinski definition) is 1. The van der Waals surface area contributed by atoms with E-state index in [2.05, 4.69) is 10.3 Å². The Bertz CT molecular complexity index is 1050. The van der Waals surface area contributed by atoms with Crippen molar-refractivity contribution in [3.05, 3.63) is 76.5 Å². The van der Waals surface area contributed by atoms with Gasteiger partial charge < -0.3 is 14.8 Å². The molecule has 154 valence electrons. The third-order valence-electron chi connectivity index (χ3n) is 4.54. The van der Waals surface area contributed by atoms with Gasteiger partial charge in [0.1, 0.15) is 17.3 Å². The van der Waals surface area contributed by atoms with Gasteiger partial charge in [-0.3, -0.25) is 14.9 Å². The second-order valence-corrected chi connectivity index (χ2v) is 6.47. The highest BCUT2D eigenvalue weighted by Crippen LogP contribution is 2.33. The Morgan fingerprint density at radius 2 is 1.73 bits per heavy atom. The largest absolute Gasteiger partial charge is 0.497 e. The monoisotopic (exact) mass is 407 g/mol. The maximum absolute atomic E-state index is 12.3. The number of carbonyl (C=O) groups excluding carboxylic acids is 1. The average Bonchev–Trinajstić information content (AvgIpc) is 2.77. The molecule has 3 rings (SSSR count). The average molecular weight is 407 g/mol. The van der Waals surface area contributed by atoms with Crippen LogP contribution >= 0.6 is 0 Å². The van der Waals surface area contributed by atoms with Crippen LogP contribution in [0.25, 0.3) is 11.1 Å². The van der Waals surface area contributed by atoms with E-state index >= 15 is 0 Å². The number of methoxy groups -OCH3 is 2. The van der Waals surface area contributed by atoms with Crippen LogP contribution < -0.4 is 14.8 Å². The topological polar surface area (TPSA) is 104 Å². The van der Waals surface area contributed by atoms with Crippen molar-refractivity contribution < 1.29 is 19.2 Å². The number of nitro benzene ring substituents is 1. The third kappa shape index (κ3) is 5.11. The highest BCUT2D eigenvalue weighted by molar-refractivity contribution is 5.90. The molecule has 0 fully saturated rings. The molecule has 3 aromatic rings. The molecule has 30 heavy (non-hydrogen) atoms. The molecule has 1 N–H and O–H groups in total. The van der Waals surface area contributed by atoms with Crippen LogP contribution in [0.5, 0.6) is 11.5 Å². The van der Waals surface area contributed by atoms with Gasteiger partial charge in [0, 0.05) is 12.6 Å². The van der Waals surface area contributed by atoms with E-state index in [9.17, 15) is 14.9 Å². The number of benzene rings is 2. The molecule has 0 unspecified atom stereocenters. The molecule has 0 aliphatic rings. The molecule has 0 aliphatic carbocycles. The standard InChI is InChI=1S/C22H21N3O5/c1-29-17-6-3-15(4-7-17)5-10-22(26)24-21-13-16(11-12-23-21)19-9-8-18(30-2)14-20(19)25(27)28/h3-4,6-9,11-14H,5,10H2,1-2H3,(H,23,24,26). The number of rotatable bonds is 8. The molecular formula is C22H21N3O5. The molecule has 0 bridgehead atoms. The Balaban J connectivity index is 1.71. The van der Waals surface area contributed by atoms with Crippen molar-refractivity contribution in [3.8, 4) is 22.6 Å². The van der Waals surface area contributed by atoms with E-state index in [4.69, 9.17) is 9.47 Å². The normalized spacial score (nSPS) is 10.3. The number of carbonyl (C=O) groups is 1. The van der Waals surface area contributed by atoms with Gasteiger partial charge in [-0.25, -0.2) is 4.98 Å². The molecular weight excluding hydrogens is 386 g/mol. The SMILES string of the molecule is COc1ccc(CCC(=O)Nc2cc(-c3ccc(OC)cc3[N+](=O)[O-])ccn2)cc1. The molecule has 8 heteroatoms. The van der Waals surface area contributed by atoms with Gasteiger partial charge >= 0.3 is 0 Å². The van der Waals surface area contributed by atoms with Crippen LogP contribution in [0.15, 0.2) is 60.8 Å². The van der Waals surface area contributed by atoms with Crippen molar-refractivity contribution in [2.75, 3.05) is 19.5 Å². The van der Waals surface area contributed by atoms with Crippen molar-refractivity contribution >= 4 is 17.4 Å². The van der Waals surface area contributed by atoms with Crippen LogP contribution in [0.1, 0.15) is 12.0 Å². The Hall–Kier alpha value is -3.94. The zero-order valence-corrected chi connectivity index (χ0v) is 16.6. The summed E-state index contributed by atoms with van der Waals surface area (Å²) in [5.74, 6) is 1.29. The lowest BCUT2D eigenvalue weighted by atomic mass is 10.0. The summed E-state index contributed by atoms with van der Waals surface area (Å²) in [6, 6.07) is 15.4. The number of ether oxygens (including phenoxy) is 2. The summed E-state index contributed by atoms with van der Waals surface area (Å²) in [5.41, 5.74) is 1.92. The Morgan fingerprint density at radius 1 is 1.03 bits per heavy atom.